The third-order valence-corrected chi connectivity index (χ3v) is 6.81. The molecule has 0 unspecified atom stereocenters. The van der Waals surface area contributed by atoms with E-state index in [-0.39, 0.29) is 42.1 Å². The molecule has 0 N–H and O–H groups in total. The molecule has 5 rings (SSSR count). The van der Waals surface area contributed by atoms with Crippen LogP contribution in [0.5, 0.6) is 5.75 Å². The zero-order chi connectivity index (χ0) is 31.4. The van der Waals surface area contributed by atoms with Crippen molar-refractivity contribution in [3.63, 3.8) is 0 Å². The Morgan fingerprint density at radius 3 is 2.30 bits per heavy atom. The van der Waals surface area contributed by atoms with E-state index in [2.05, 4.69) is 9.97 Å². The van der Waals surface area contributed by atoms with E-state index >= 15 is 0 Å². The Balaban J connectivity index is 1.28. The number of benzene rings is 3. The molecule has 2 heterocycles. The molecule has 0 amide bonds. The van der Waals surface area contributed by atoms with Gasteiger partial charge in [-0.1, -0.05) is 36.4 Å². The first-order chi connectivity index (χ1) is 21.0. The van der Waals surface area contributed by atoms with Crippen LogP contribution >= 0.6 is 0 Å². The quantitative estimate of drug-likeness (QED) is 0.116. The molecule has 0 bridgehead atoms. The summed E-state index contributed by atoms with van der Waals surface area (Å²) in [5.41, 5.74) is 1.03. The van der Waals surface area contributed by atoms with Gasteiger partial charge in [0.2, 0.25) is 0 Å². The van der Waals surface area contributed by atoms with E-state index in [9.17, 15) is 35.1 Å². The lowest BCUT2D eigenvalue weighted by atomic mass is 9.98. The van der Waals surface area contributed by atoms with E-state index in [1.54, 1.807) is 47.3 Å². The maximum Gasteiger partial charge on any atom is 0.417 e. The van der Waals surface area contributed by atoms with Crippen LogP contribution in [-0.4, -0.2) is 21.1 Å². The zero-order valence-electron chi connectivity index (χ0n) is 22.8. The van der Waals surface area contributed by atoms with Gasteiger partial charge in [-0.05, 0) is 59.9 Å². The van der Waals surface area contributed by atoms with Gasteiger partial charge in [-0.25, -0.2) is 23.1 Å². The molecule has 4 nitrogen and oxygen atoms in total. The Morgan fingerprint density at radius 2 is 1.57 bits per heavy atom. The Labute approximate surface area is 246 Å². The Morgan fingerprint density at radius 1 is 0.818 bits per heavy atom. The second kappa shape index (κ2) is 12.9. The Bertz CT molecular complexity index is 1760. The Kier molecular flexibility index (Phi) is 8.98. The number of aromatic nitrogens is 3. The number of imidazole rings is 1. The van der Waals surface area contributed by atoms with Gasteiger partial charge in [0.05, 0.1) is 23.4 Å². The lowest BCUT2D eigenvalue weighted by Crippen LogP contribution is -2.08. The molecular formula is C32H23F8N3O. The van der Waals surface area contributed by atoms with E-state index in [1.807, 2.05) is 0 Å². The topological polar surface area (TPSA) is 39.9 Å². The molecular weight excluding hydrogens is 594 g/mol. The summed E-state index contributed by atoms with van der Waals surface area (Å²) in [5, 5.41) is 0. The summed E-state index contributed by atoms with van der Waals surface area (Å²) in [6.07, 6.45) is -3.88. The van der Waals surface area contributed by atoms with Crippen molar-refractivity contribution >= 4 is 0 Å². The van der Waals surface area contributed by atoms with E-state index < -0.39 is 41.7 Å². The molecule has 3 aromatic carbocycles. The molecule has 0 saturated heterocycles. The highest BCUT2D eigenvalue weighted by Crippen LogP contribution is 2.39. The number of hydrogen-bond acceptors (Lipinski definition) is 3. The molecule has 3 aromatic rings. The minimum atomic E-state index is -4.68. The van der Waals surface area contributed by atoms with Crippen molar-refractivity contribution in [3.8, 4) is 39.7 Å². The van der Waals surface area contributed by atoms with Gasteiger partial charge in [0.15, 0.2) is 23.3 Å². The molecule has 0 aliphatic carbocycles. The molecule has 2 aliphatic rings. The van der Waals surface area contributed by atoms with Gasteiger partial charge in [0.25, 0.3) is 0 Å². The van der Waals surface area contributed by atoms with Crippen LogP contribution in [0.25, 0.3) is 33.9 Å². The van der Waals surface area contributed by atoms with Gasteiger partial charge in [0, 0.05) is 25.4 Å². The van der Waals surface area contributed by atoms with Crippen LogP contribution in [0, 0.1) is 11.6 Å². The van der Waals surface area contributed by atoms with Gasteiger partial charge < -0.3 is 9.30 Å². The van der Waals surface area contributed by atoms with Crippen LogP contribution < -0.4 is 4.74 Å². The number of unbranched alkanes of at least 4 members (excludes halogenated alkanes) is 1. The van der Waals surface area contributed by atoms with E-state index in [1.165, 1.54) is 24.3 Å². The standard InChI is InChI=1S/C32H23F8N3O/c33-25-6-3-4-23(29(25)35)31-41-27-13-14-43(18-28(27)42-31)17-19-7-9-20(10-8-19)22-12-11-21(16-24(22)32(38,39)40)44-15-2-1-5-26(34)30(36)37/h3-4,6-14,16,18H,1-2,5,15,17H2. The molecule has 0 saturated carbocycles. The van der Waals surface area contributed by atoms with E-state index in [0.717, 1.165) is 17.7 Å². The van der Waals surface area contributed by atoms with Gasteiger partial charge in [-0.15, -0.1) is 0 Å². The van der Waals surface area contributed by atoms with Gasteiger partial charge in [0.1, 0.15) is 11.4 Å². The molecule has 0 atom stereocenters. The van der Waals surface area contributed by atoms with Crippen molar-refractivity contribution in [2.24, 2.45) is 0 Å². The molecule has 228 valence electrons. The first-order valence-electron chi connectivity index (χ1n) is 13.4. The van der Waals surface area contributed by atoms with Crippen LogP contribution in [0.3, 0.4) is 0 Å². The average Bonchev–Trinajstić information content (AvgIpc) is 3.41. The largest absolute Gasteiger partial charge is 0.494 e. The number of ether oxygens (including phenoxy) is 1. The fraction of sp³-hybridized carbons (Fsp3) is 0.188. The van der Waals surface area contributed by atoms with Crippen LogP contribution in [0.15, 0.2) is 91.0 Å². The van der Waals surface area contributed by atoms with Crippen molar-refractivity contribution in [3.05, 3.63) is 114 Å². The van der Waals surface area contributed by atoms with Crippen molar-refractivity contribution in [2.75, 3.05) is 6.61 Å². The number of halogens is 8. The molecule has 12 heteroatoms. The Hall–Kier alpha value is -4.74. The number of pyridine rings is 1. The number of rotatable bonds is 10. The average molecular weight is 618 g/mol. The maximum absolute atomic E-state index is 14.2. The van der Waals surface area contributed by atoms with Gasteiger partial charge >= 0.3 is 12.3 Å². The number of nitrogens with zero attached hydrogens (tertiary/aromatic N) is 3. The fourth-order valence-corrected chi connectivity index (χ4v) is 4.61. The van der Waals surface area contributed by atoms with Crippen LogP contribution in [0.2, 0.25) is 0 Å². The summed E-state index contributed by atoms with van der Waals surface area (Å²) in [7, 11) is 0. The number of hydrogen-bond donors (Lipinski definition) is 0. The minimum Gasteiger partial charge on any atom is -0.494 e. The third-order valence-electron chi connectivity index (χ3n) is 6.81. The normalized spacial score (nSPS) is 11.6. The fourth-order valence-electron chi connectivity index (χ4n) is 4.61. The molecule has 0 radical (unpaired) electrons. The van der Waals surface area contributed by atoms with Crippen LogP contribution in [0.4, 0.5) is 35.1 Å². The van der Waals surface area contributed by atoms with Crippen molar-refractivity contribution < 1.29 is 39.9 Å². The van der Waals surface area contributed by atoms with Gasteiger partial charge in [-0.2, -0.15) is 22.0 Å². The summed E-state index contributed by atoms with van der Waals surface area (Å²) in [6.45, 7) is 0.290. The van der Waals surface area contributed by atoms with Crippen molar-refractivity contribution in [1.29, 1.82) is 0 Å². The lowest BCUT2D eigenvalue weighted by molar-refractivity contribution is -0.137. The molecule has 0 aromatic heterocycles. The number of fused-ring (bicyclic) bond motifs is 1. The molecule has 0 spiro atoms. The summed E-state index contributed by atoms with van der Waals surface area (Å²) >= 11 is 0. The molecule has 2 aliphatic heterocycles. The summed E-state index contributed by atoms with van der Waals surface area (Å²) in [5.74, 6) is -3.55. The van der Waals surface area contributed by atoms with Crippen LogP contribution in [-0.2, 0) is 12.7 Å². The van der Waals surface area contributed by atoms with Crippen molar-refractivity contribution in [2.45, 2.75) is 32.0 Å². The summed E-state index contributed by atoms with van der Waals surface area (Å²) < 4.78 is 114. The summed E-state index contributed by atoms with van der Waals surface area (Å²) in [4.78, 5) is 8.60. The highest BCUT2D eigenvalue weighted by atomic mass is 19.4. The SMILES string of the molecule is FC(F)=C(F)CCCCOc1ccc(-c2ccc(Cn3ccc4nc(-c5cccc(F)c5F)nc-4c3)cc2)c(C(F)(F)F)c1. The highest BCUT2D eigenvalue weighted by Gasteiger charge is 2.34. The predicted octanol–water partition coefficient (Wildman–Crippen LogP) is 9.69. The maximum atomic E-state index is 14.2. The van der Waals surface area contributed by atoms with Gasteiger partial charge in [-0.3, -0.25) is 0 Å². The zero-order valence-corrected chi connectivity index (χ0v) is 22.8. The second-order valence-electron chi connectivity index (χ2n) is 9.91. The number of allylic oxidation sites excluding steroid dienone is 1. The van der Waals surface area contributed by atoms with Crippen molar-refractivity contribution in [1.82, 2.24) is 14.5 Å². The summed E-state index contributed by atoms with van der Waals surface area (Å²) in [6, 6.07) is 15.5. The molecule has 0 fully saturated rings. The highest BCUT2D eigenvalue weighted by molar-refractivity contribution is 5.70. The number of alkyl halides is 3. The first kappa shape index (κ1) is 30.7. The van der Waals surface area contributed by atoms with E-state index in [0.29, 0.717) is 23.5 Å². The minimum absolute atomic E-state index is 0.0453. The first-order valence-corrected chi connectivity index (χ1v) is 13.4. The predicted molar refractivity (Wildman–Crippen MR) is 148 cm³/mol. The van der Waals surface area contributed by atoms with E-state index in [4.69, 9.17) is 4.74 Å². The smallest absolute Gasteiger partial charge is 0.417 e. The third kappa shape index (κ3) is 7.07. The monoisotopic (exact) mass is 617 g/mol. The lowest BCUT2D eigenvalue weighted by Gasteiger charge is -2.16. The van der Waals surface area contributed by atoms with Crippen LogP contribution in [0.1, 0.15) is 30.4 Å². The molecule has 44 heavy (non-hydrogen) atoms. The second-order valence-corrected chi connectivity index (χ2v) is 9.91.